The Labute approximate surface area is 269 Å². The van der Waals surface area contributed by atoms with Crippen molar-refractivity contribution < 1.29 is 33.2 Å². The number of aromatic nitrogens is 3. The van der Waals surface area contributed by atoms with E-state index >= 15 is 0 Å². The smallest absolute Gasteiger partial charge is 0.271 e. The van der Waals surface area contributed by atoms with Crippen LogP contribution in [0, 0.1) is 5.21 Å². The number of carbonyl (C=O) groups is 2. The number of hydrogen-bond acceptors (Lipinski definition) is 10. The lowest BCUT2D eigenvalue weighted by molar-refractivity contribution is -0.990. The third-order valence-corrected chi connectivity index (χ3v) is 9.41. The first-order valence-corrected chi connectivity index (χ1v) is 16.0. The van der Waals surface area contributed by atoms with Crippen molar-refractivity contribution in [2.45, 2.75) is 6.42 Å². The average molecular weight is 671 g/mol. The number of nitrogens with zero attached hydrogens (tertiary/aromatic N) is 4. The van der Waals surface area contributed by atoms with E-state index in [2.05, 4.69) is 26.3 Å². The van der Waals surface area contributed by atoms with E-state index < -0.39 is 27.1 Å². The number of rotatable bonds is 11. The number of aryl methyl sites for hydroxylation is 1. The topological polar surface area (TPSA) is 195 Å². The van der Waals surface area contributed by atoms with Crippen LogP contribution in [-0.2, 0) is 17.1 Å². The first-order valence-electron chi connectivity index (χ1n) is 14.0. The zero-order valence-corrected chi connectivity index (χ0v) is 26.4. The molecule has 5 rings (SSSR count). The molecule has 0 saturated carbocycles. The van der Waals surface area contributed by atoms with Crippen LogP contribution in [0.25, 0.3) is 11.3 Å². The highest BCUT2D eigenvalue weighted by molar-refractivity contribution is 7.93. The second kappa shape index (κ2) is 13.7. The number of ether oxygens (including phenoxy) is 1. The van der Waals surface area contributed by atoms with Crippen LogP contribution in [0.4, 0.5) is 22.7 Å². The Hall–Kier alpha value is -4.74. The second-order valence-corrected chi connectivity index (χ2v) is 12.6. The zero-order valence-electron chi connectivity index (χ0n) is 24.8. The molecule has 3 aromatic carbocycles. The van der Waals surface area contributed by atoms with Crippen LogP contribution in [0.1, 0.15) is 27.3 Å². The Morgan fingerprint density at radius 3 is 2.50 bits per heavy atom. The van der Waals surface area contributed by atoms with Crippen molar-refractivity contribution in [3.8, 4) is 17.0 Å². The molecule has 5 N–H and O–H groups in total. The van der Waals surface area contributed by atoms with Crippen LogP contribution in [0.5, 0.6) is 5.75 Å². The number of para-hydroxylation sites is 1. The molecule has 242 valence electrons. The van der Waals surface area contributed by atoms with Gasteiger partial charge < -0.3 is 25.9 Å². The first-order chi connectivity index (χ1) is 22.0. The molecule has 1 aromatic heterocycles. The summed E-state index contributed by atoms with van der Waals surface area (Å²) in [6.45, 7) is 0.707. The van der Waals surface area contributed by atoms with E-state index in [0.29, 0.717) is 41.3 Å². The molecule has 1 saturated heterocycles. The number of sulfonamides is 1. The number of halogens is 1. The standard InChI is InChI=1S/C29H31ClN8O7S/c1-36-27(26(34-35-36)20-6-3-4-7-25(20)45-2)29(40)32-13-12-31-22-17-23(24(38(41)42)16-21(22)30)33-28(39)18-8-10-19(11-9-18)37-14-5-15-46(37,43)44/h3-4,6-11,16-17,31,38,41H,5,12-15H2,1-2H3,(H,32,40)(H,33,39). The Morgan fingerprint density at radius 1 is 1.09 bits per heavy atom. The molecule has 0 bridgehead atoms. The van der Waals surface area contributed by atoms with Crippen LogP contribution in [-0.4, -0.2) is 72.9 Å². The van der Waals surface area contributed by atoms with Gasteiger partial charge in [0.2, 0.25) is 10.0 Å². The minimum atomic E-state index is -3.38. The molecule has 46 heavy (non-hydrogen) atoms. The van der Waals surface area contributed by atoms with Crippen molar-refractivity contribution in [2.75, 3.05) is 47.4 Å². The Balaban J connectivity index is 1.25. The van der Waals surface area contributed by atoms with Crippen molar-refractivity contribution in [1.82, 2.24) is 20.3 Å². The lowest BCUT2D eigenvalue weighted by Crippen LogP contribution is -2.99. The molecular formula is C29H31ClN8O7S. The van der Waals surface area contributed by atoms with Gasteiger partial charge in [-0.05, 0) is 48.9 Å². The summed E-state index contributed by atoms with van der Waals surface area (Å²) >= 11 is 6.35. The van der Waals surface area contributed by atoms with Crippen molar-refractivity contribution in [1.29, 1.82) is 0 Å². The third-order valence-electron chi connectivity index (χ3n) is 7.23. The van der Waals surface area contributed by atoms with E-state index in [1.165, 1.54) is 52.5 Å². The molecule has 1 aliphatic heterocycles. The highest BCUT2D eigenvalue weighted by atomic mass is 35.5. The Bertz CT molecular complexity index is 1870. The summed E-state index contributed by atoms with van der Waals surface area (Å²) in [5.74, 6) is -0.423. The molecule has 1 unspecified atom stereocenters. The molecule has 0 radical (unpaired) electrons. The zero-order chi connectivity index (χ0) is 33.0. The van der Waals surface area contributed by atoms with Gasteiger partial charge in [-0.25, -0.2) is 18.3 Å². The number of carbonyl (C=O) groups excluding carboxylic acids is 2. The van der Waals surface area contributed by atoms with Gasteiger partial charge in [0.1, 0.15) is 17.1 Å². The van der Waals surface area contributed by atoms with Crippen LogP contribution in [0.3, 0.4) is 0 Å². The SMILES string of the molecule is COc1ccccc1-c1nnn(C)c1C(=O)NCCNc1cc(NC(=O)c2ccc(N3CCCS3(=O)=O)cc2)c([NH+]([O-])O)cc1Cl. The van der Waals surface area contributed by atoms with E-state index in [4.69, 9.17) is 16.3 Å². The van der Waals surface area contributed by atoms with Crippen LogP contribution in [0.15, 0.2) is 60.7 Å². The summed E-state index contributed by atoms with van der Waals surface area (Å²) < 4.78 is 32.5. The van der Waals surface area contributed by atoms with Crippen LogP contribution >= 0.6 is 11.6 Å². The normalized spacial score (nSPS) is 14.5. The molecule has 2 heterocycles. The fourth-order valence-electron chi connectivity index (χ4n) is 4.98. The summed E-state index contributed by atoms with van der Waals surface area (Å²) in [6, 6.07) is 15.7. The number of anilines is 3. The average Bonchev–Trinajstić information content (AvgIpc) is 3.60. The molecule has 0 aliphatic carbocycles. The fourth-order valence-corrected chi connectivity index (χ4v) is 6.78. The van der Waals surface area contributed by atoms with Crippen molar-refractivity contribution >= 4 is 56.2 Å². The highest BCUT2D eigenvalue weighted by Gasteiger charge is 2.28. The van der Waals surface area contributed by atoms with Crippen molar-refractivity contribution in [3.05, 3.63) is 82.2 Å². The Morgan fingerprint density at radius 2 is 1.83 bits per heavy atom. The van der Waals surface area contributed by atoms with Gasteiger partial charge >= 0.3 is 0 Å². The molecule has 1 atom stereocenters. The van der Waals surface area contributed by atoms with Crippen LogP contribution in [0.2, 0.25) is 5.02 Å². The maximum absolute atomic E-state index is 13.1. The van der Waals surface area contributed by atoms with E-state index in [0.717, 1.165) is 0 Å². The minimum Gasteiger partial charge on any atom is -0.595 e. The molecule has 1 aliphatic rings. The predicted molar refractivity (Wildman–Crippen MR) is 171 cm³/mol. The maximum atomic E-state index is 13.1. The first kappa shape index (κ1) is 32.6. The van der Waals surface area contributed by atoms with Gasteiger partial charge in [-0.1, -0.05) is 28.9 Å². The lowest BCUT2D eigenvalue weighted by Gasteiger charge is -2.19. The number of benzene rings is 3. The van der Waals surface area contributed by atoms with E-state index in [1.54, 1.807) is 31.3 Å². The summed E-state index contributed by atoms with van der Waals surface area (Å²) in [5.41, 5.74) is 1.91. The van der Waals surface area contributed by atoms with Gasteiger partial charge in [-0.15, -0.1) is 5.10 Å². The number of methoxy groups -OCH3 is 1. The third kappa shape index (κ3) is 6.90. The van der Waals surface area contributed by atoms with Crippen molar-refractivity contribution in [2.24, 2.45) is 7.05 Å². The summed E-state index contributed by atoms with van der Waals surface area (Å²) in [5, 5.41) is 37.0. The largest absolute Gasteiger partial charge is 0.595 e. The van der Waals surface area contributed by atoms with Gasteiger partial charge in [-0.2, -0.15) is 5.23 Å². The summed E-state index contributed by atoms with van der Waals surface area (Å²) in [7, 11) is -0.252. The lowest BCUT2D eigenvalue weighted by atomic mass is 10.1. The molecular weight excluding hydrogens is 640 g/mol. The minimum absolute atomic E-state index is 0.0120. The Kier molecular flexibility index (Phi) is 9.74. The van der Waals surface area contributed by atoms with Gasteiger partial charge in [0.15, 0.2) is 11.4 Å². The molecule has 0 spiro atoms. The van der Waals surface area contributed by atoms with E-state index in [1.807, 2.05) is 0 Å². The van der Waals surface area contributed by atoms with Gasteiger partial charge in [0.25, 0.3) is 11.8 Å². The van der Waals surface area contributed by atoms with E-state index in [9.17, 15) is 28.4 Å². The molecule has 15 nitrogen and oxygen atoms in total. The fraction of sp³-hybridized carbons (Fsp3) is 0.241. The molecule has 2 amide bonds. The van der Waals surface area contributed by atoms with Crippen LogP contribution < -0.4 is 30.2 Å². The molecule has 17 heteroatoms. The monoisotopic (exact) mass is 670 g/mol. The van der Waals surface area contributed by atoms with Crippen molar-refractivity contribution in [3.63, 3.8) is 0 Å². The maximum Gasteiger partial charge on any atom is 0.271 e. The van der Waals surface area contributed by atoms with E-state index in [-0.39, 0.29) is 46.5 Å². The molecule has 1 fully saturated rings. The summed E-state index contributed by atoms with van der Waals surface area (Å²) in [4.78, 5) is 26.1. The number of amides is 2. The van der Waals surface area contributed by atoms with Gasteiger partial charge in [-0.3, -0.25) is 13.9 Å². The number of quaternary nitrogens is 1. The van der Waals surface area contributed by atoms with Gasteiger partial charge in [0, 0.05) is 43.9 Å². The number of hydrogen-bond donors (Lipinski definition) is 5. The predicted octanol–water partition coefficient (Wildman–Crippen LogP) is 2.18. The highest BCUT2D eigenvalue weighted by Crippen LogP contribution is 2.32. The summed E-state index contributed by atoms with van der Waals surface area (Å²) in [6.07, 6.45) is 0.522. The van der Waals surface area contributed by atoms with Gasteiger partial charge in [0.05, 0.1) is 29.3 Å². The molecule has 4 aromatic rings. The number of nitrogens with one attached hydrogen (secondary N) is 4. The quantitative estimate of drug-likeness (QED) is 0.117. The second-order valence-electron chi connectivity index (χ2n) is 10.2.